The molecule has 3 aromatic rings. The molecule has 1 fully saturated rings. The number of carbonyl (C=O) groups excluding carboxylic acids is 4. The van der Waals surface area contributed by atoms with Gasteiger partial charge in [-0.2, -0.15) is 0 Å². The molecular weight excluding hydrogens is 460 g/mol. The Kier molecular flexibility index (Phi) is 7.75. The van der Waals surface area contributed by atoms with Crippen LogP contribution in [0.3, 0.4) is 0 Å². The molecule has 8 heteroatoms. The van der Waals surface area contributed by atoms with Crippen LogP contribution >= 0.6 is 0 Å². The van der Waals surface area contributed by atoms with Crippen molar-refractivity contribution in [1.82, 2.24) is 10.2 Å². The number of hydrogen-bond acceptors (Lipinski definition) is 6. The Morgan fingerprint density at radius 3 is 1.94 bits per heavy atom. The minimum atomic E-state index is -1.18. The average molecular weight is 487 g/mol. The number of amides is 3. The van der Waals surface area contributed by atoms with Gasteiger partial charge >= 0.3 is 12.1 Å². The molecule has 4 rings (SSSR count). The second kappa shape index (κ2) is 11.3. The van der Waals surface area contributed by atoms with Gasteiger partial charge in [-0.15, -0.1) is 0 Å². The number of ether oxygens (including phenoxy) is 2. The molecule has 0 aliphatic carbocycles. The van der Waals surface area contributed by atoms with E-state index in [1.54, 1.807) is 0 Å². The third-order valence-electron chi connectivity index (χ3n) is 6.03. The van der Waals surface area contributed by atoms with E-state index in [1.807, 2.05) is 91.0 Å². The van der Waals surface area contributed by atoms with Crippen LogP contribution in [0.25, 0.3) is 0 Å². The summed E-state index contributed by atoms with van der Waals surface area (Å²) in [6.07, 6.45) is -0.863. The molecule has 1 heterocycles. The maximum atomic E-state index is 13.6. The Bertz CT molecular complexity index is 1180. The first-order valence-electron chi connectivity index (χ1n) is 11.6. The summed E-state index contributed by atoms with van der Waals surface area (Å²) in [7, 11) is 0. The highest BCUT2D eigenvalue weighted by molar-refractivity contribution is 6.11. The number of carbonyl (C=O) groups is 4. The number of rotatable bonds is 9. The van der Waals surface area contributed by atoms with E-state index in [0.29, 0.717) is 11.1 Å². The van der Waals surface area contributed by atoms with Crippen LogP contribution in [0.1, 0.15) is 29.5 Å². The maximum absolute atomic E-state index is 13.6. The molecule has 0 radical (unpaired) electrons. The summed E-state index contributed by atoms with van der Waals surface area (Å²) in [4.78, 5) is 51.5. The van der Waals surface area contributed by atoms with Crippen LogP contribution in [-0.4, -0.2) is 42.1 Å². The first-order valence-corrected chi connectivity index (χ1v) is 11.6. The van der Waals surface area contributed by atoms with Gasteiger partial charge < -0.3 is 14.8 Å². The molecule has 0 atom stereocenters. The van der Waals surface area contributed by atoms with Crippen molar-refractivity contribution < 1.29 is 28.7 Å². The zero-order valence-electron chi connectivity index (χ0n) is 19.6. The van der Waals surface area contributed by atoms with Crippen LogP contribution in [0.15, 0.2) is 91.0 Å². The van der Waals surface area contributed by atoms with Gasteiger partial charge in [0.2, 0.25) is 11.8 Å². The normalized spacial score (nSPS) is 14.4. The van der Waals surface area contributed by atoms with Gasteiger partial charge in [-0.05, 0) is 16.7 Å². The highest BCUT2D eigenvalue weighted by atomic mass is 16.6. The number of esters is 1. The van der Waals surface area contributed by atoms with E-state index in [0.717, 1.165) is 10.5 Å². The summed E-state index contributed by atoms with van der Waals surface area (Å²) in [5.41, 5.74) is 1.05. The van der Waals surface area contributed by atoms with Crippen molar-refractivity contribution >= 4 is 23.9 Å². The quantitative estimate of drug-likeness (QED) is 0.367. The second-order valence-electron chi connectivity index (χ2n) is 8.33. The summed E-state index contributed by atoms with van der Waals surface area (Å²) in [5.74, 6) is -1.53. The summed E-state index contributed by atoms with van der Waals surface area (Å²) in [6, 6.07) is 27.4. The summed E-state index contributed by atoms with van der Waals surface area (Å²) in [6.45, 7) is -0.385. The number of nitrogens with zero attached hydrogens (tertiary/aromatic N) is 1. The number of nitrogens with one attached hydrogen (secondary N) is 1. The van der Waals surface area contributed by atoms with Gasteiger partial charge in [0, 0.05) is 6.54 Å². The number of imide groups is 1. The largest absolute Gasteiger partial charge is 0.445 e. The van der Waals surface area contributed by atoms with E-state index in [2.05, 4.69) is 5.32 Å². The van der Waals surface area contributed by atoms with E-state index in [4.69, 9.17) is 9.47 Å². The molecule has 0 bridgehead atoms. The SMILES string of the molecule is O=C(CCNC(=O)OCc1ccccc1)OCN1C(=O)CC(c2ccccc2)(c2ccccc2)C1=O. The van der Waals surface area contributed by atoms with Gasteiger partial charge in [0.15, 0.2) is 6.73 Å². The van der Waals surface area contributed by atoms with Crippen molar-refractivity contribution in [3.8, 4) is 0 Å². The molecule has 1 saturated heterocycles. The fraction of sp³-hybridized carbons (Fsp3) is 0.214. The van der Waals surface area contributed by atoms with Crippen molar-refractivity contribution in [2.45, 2.75) is 24.9 Å². The second-order valence-corrected chi connectivity index (χ2v) is 8.33. The van der Waals surface area contributed by atoms with Gasteiger partial charge in [0.25, 0.3) is 0 Å². The van der Waals surface area contributed by atoms with E-state index in [9.17, 15) is 19.2 Å². The Balaban J connectivity index is 1.31. The molecule has 0 spiro atoms. The van der Waals surface area contributed by atoms with E-state index in [1.165, 1.54) is 0 Å². The first kappa shape index (κ1) is 24.7. The lowest BCUT2D eigenvalue weighted by Crippen LogP contribution is -2.41. The fourth-order valence-electron chi connectivity index (χ4n) is 4.18. The smallest absolute Gasteiger partial charge is 0.407 e. The topological polar surface area (TPSA) is 102 Å². The number of hydrogen-bond donors (Lipinski definition) is 1. The van der Waals surface area contributed by atoms with E-state index < -0.39 is 36.0 Å². The standard InChI is InChI=1S/C28H26N2O6/c31-24-18-28(22-12-6-2-7-13-22,23-14-8-3-9-15-23)26(33)30(24)20-36-25(32)16-17-29-27(34)35-19-21-10-4-1-5-11-21/h1-15H,16-20H2,(H,29,34). The molecule has 184 valence electrons. The highest BCUT2D eigenvalue weighted by Crippen LogP contribution is 2.42. The Morgan fingerprint density at radius 2 is 1.36 bits per heavy atom. The van der Waals surface area contributed by atoms with Crippen LogP contribution in [0.5, 0.6) is 0 Å². The number of alkyl carbamates (subject to hydrolysis) is 1. The van der Waals surface area contributed by atoms with Gasteiger partial charge in [0.05, 0.1) is 12.8 Å². The molecule has 8 nitrogen and oxygen atoms in total. The molecule has 36 heavy (non-hydrogen) atoms. The predicted octanol–water partition coefficient (Wildman–Crippen LogP) is 3.55. The van der Waals surface area contributed by atoms with Crippen molar-refractivity contribution in [2.75, 3.05) is 13.3 Å². The summed E-state index contributed by atoms with van der Waals surface area (Å²) in [5, 5.41) is 2.48. The molecule has 1 aliphatic rings. The van der Waals surface area contributed by atoms with E-state index in [-0.39, 0.29) is 26.0 Å². The lowest BCUT2D eigenvalue weighted by molar-refractivity contribution is -0.155. The summed E-state index contributed by atoms with van der Waals surface area (Å²) >= 11 is 0. The fourth-order valence-corrected chi connectivity index (χ4v) is 4.18. The molecule has 1 N–H and O–H groups in total. The predicted molar refractivity (Wildman–Crippen MR) is 130 cm³/mol. The Labute approximate surface area is 208 Å². The third kappa shape index (κ3) is 5.43. The zero-order valence-corrected chi connectivity index (χ0v) is 19.6. The van der Waals surface area contributed by atoms with Gasteiger partial charge in [-0.3, -0.25) is 14.4 Å². The molecule has 0 aromatic heterocycles. The van der Waals surface area contributed by atoms with Crippen molar-refractivity contribution in [1.29, 1.82) is 0 Å². The van der Waals surface area contributed by atoms with Gasteiger partial charge in [-0.25, -0.2) is 9.69 Å². The van der Waals surface area contributed by atoms with Crippen molar-refractivity contribution in [2.24, 2.45) is 0 Å². The van der Waals surface area contributed by atoms with E-state index >= 15 is 0 Å². The molecule has 1 aliphatic heterocycles. The minimum absolute atomic E-state index is 0.00762. The number of benzene rings is 3. The number of likely N-dealkylation sites (tertiary alicyclic amines) is 1. The molecule has 0 unspecified atom stereocenters. The molecule has 3 aromatic carbocycles. The molecular formula is C28H26N2O6. The highest BCUT2D eigenvalue weighted by Gasteiger charge is 2.54. The lowest BCUT2D eigenvalue weighted by atomic mass is 9.73. The van der Waals surface area contributed by atoms with Crippen LogP contribution < -0.4 is 5.32 Å². The summed E-state index contributed by atoms with van der Waals surface area (Å²) < 4.78 is 10.3. The zero-order chi connectivity index (χ0) is 25.4. The lowest BCUT2D eigenvalue weighted by Gasteiger charge is -2.28. The van der Waals surface area contributed by atoms with Crippen molar-refractivity contribution in [3.05, 3.63) is 108 Å². The first-order chi connectivity index (χ1) is 17.5. The van der Waals surface area contributed by atoms with Crippen LogP contribution in [-0.2, 0) is 35.9 Å². The van der Waals surface area contributed by atoms with Crippen LogP contribution in [0.2, 0.25) is 0 Å². The monoisotopic (exact) mass is 486 g/mol. The minimum Gasteiger partial charge on any atom is -0.445 e. The van der Waals surface area contributed by atoms with Gasteiger partial charge in [0.1, 0.15) is 12.0 Å². The molecule has 3 amide bonds. The Morgan fingerprint density at radius 1 is 0.806 bits per heavy atom. The van der Waals surface area contributed by atoms with Crippen LogP contribution in [0, 0.1) is 0 Å². The maximum Gasteiger partial charge on any atom is 0.407 e. The van der Waals surface area contributed by atoms with Crippen LogP contribution in [0.4, 0.5) is 4.79 Å². The Hall–Kier alpha value is -4.46. The van der Waals surface area contributed by atoms with Gasteiger partial charge in [-0.1, -0.05) is 91.0 Å². The average Bonchev–Trinajstić information content (AvgIpc) is 3.18. The van der Waals surface area contributed by atoms with Crippen molar-refractivity contribution in [3.63, 3.8) is 0 Å². The molecule has 0 saturated carbocycles. The third-order valence-corrected chi connectivity index (χ3v) is 6.03.